The third-order valence-corrected chi connectivity index (χ3v) is 3.72. The minimum absolute atomic E-state index is 0.0167. The van der Waals surface area contributed by atoms with Crippen molar-refractivity contribution in [3.8, 4) is 5.75 Å². The van der Waals surface area contributed by atoms with Crippen LogP contribution in [0, 0.1) is 0 Å². The molecule has 1 heterocycles. The maximum atomic E-state index is 12.4. The Morgan fingerprint density at radius 2 is 2.13 bits per heavy atom. The van der Waals surface area contributed by atoms with Crippen LogP contribution < -0.4 is 4.74 Å². The average Bonchev–Trinajstić information content (AvgIpc) is 2.54. The lowest BCUT2D eigenvalue weighted by atomic mass is 10.0. The van der Waals surface area contributed by atoms with Crippen molar-refractivity contribution in [1.82, 2.24) is 4.90 Å². The van der Waals surface area contributed by atoms with Crippen molar-refractivity contribution in [2.24, 2.45) is 0 Å². The molecular formula is C16H19NO6. The molecule has 7 nitrogen and oxygen atoms in total. The summed E-state index contributed by atoms with van der Waals surface area (Å²) >= 11 is 0. The number of rotatable bonds is 5. The van der Waals surface area contributed by atoms with E-state index in [4.69, 9.17) is 14.6 Å². The summed E-state index contributed by atoms with van der Waals surface area (Å²) in [6.45, 7) is 2.00. The summed E-state index contributed by atoms with van der Waals surface area (Å²) in [4.78, 5) is 36.3. The third kappa shape index (κ3) is 4.07. The number of carbonyl (C=O) groups is 3. The predicted molar refractivity (Wildman–Crippen MR) is 80.7 cm³/mol. The van der Waals surface area contributed by atoms with Gasteiger partial charge >= 0.3 is 5.97 Å². The molecule has 0 spiro atoms. The van der Waals surface area contributed by atoms with Crippen LogP contribution in [0.1, 0.15) is 22.8 Å². The van der Waals surface area contributed by atoms with Crippen LogP contribution in [0.15, 0.2) is 18.2 Å². The summed E-state index contributed by atoms with van der Waals surface area (Å²) in [6, 6.07) is 4.93. The second-order valence-electron chi connectivity index (χ2n) is 5.30. The first-order valence-corrected chi connectivity index (χ1v) is 7.22. The Morgan fingerprint density at radius 1 is 1.39 bits per heavy atom. The summed E-state index contributed by atoms with van der Waals surface area (Å²) in [7, 11) is 1.49. The summed E-state index contributed by atoms with van der Waals surface area (Å²) in [5.41, 5.74) is 1.10. The van der Waals surface area contributed by atoms with Gasteiger partial charge in [0.25, 0.3) is 0 Å². The van der Waals surface area contributed by atoms with Gasteiger partial charge in [-0.15, -0.1) is 0 Å². The highest BCUT2D eigenvalue weighted by Gasteiger charge is 2.29. The Hall–Kier alpha value is -2.41. The molecule has 2 rings (SSSR count). The molecule has 1 aliphatic heterocycles. The molecule has 0 aromatic heterocycles. The zero-order valence-electron chi connectivity index (χ0n) is 13.1. The third-order valence-electron chi connectivity index (χ3n) is 3.72. The molecule has 1 aromatic carbocycles. The van der Waals surface area contributed by atoms with E-state index in [-0.39, 0.29) is 31.3 Å². The summed E-state index contributed by atoms with van der Waals surface area (Å²) < 4.78 is 10.3. The molecule has 1 unspecified atom stereocenters. The van der Waals surface area contributed by atoms with Gasteiger partial charge in [0.05, 0.1) is 26.7 Å². The van der Waals surface area contributed by atoms with Crippen molar-refractivity contribution >= 4 is 17.7 Å². The number of carboxylic acid groups (broad SMARTS) is 1. The highest BCUT2D eigenvalue weighted by Crippen LogP contribution is 2.22. The van der Waals surface area contributed by atoms with E-state index in [1.165, 1.54) is 18.9 Å². The molecule has 1 aromatic rings. The Morgan fingerprint density at radius 3 is 2.74 bits per heavy atom. The lowest BCUT2D eigenvalue weighted by Crippen LogP contribution is -2.49. The molecule has 0 radical (unpaired) electrons. The number of ether oxygens (including phenoxy) is 2. The highest BCUT2D eigenvalue weighted by molar-refractivity contribution is 5.94. The number of methoxy groups -OCH3 is 1. The Balaban J connectivity index is 2.14. The molecule has 23 heavy (non-hydrogen) atoms. The largest absolute Gasteiger partial charge is 0.496 e. The monoisotopic (exact) mass is 321 g/mol. The average molecular weight is 321 g/mol. The number of amides is 1. The fourth-order valence-electron chi connectivity index (χ4n) is 2.44. The molecule has 1 fully saturated rings. The quantitative estimate of drug-likeness (QED) is 0.805. The van der Waals surface area contributed by atoms with Crippen molar-refractivity contribution in [2.45, 2.75) is 19.4 Å². The van der Waals surface area contributed by atoms with E-state index >= 15 is 0 Å². The maximum absolute atomic E-state index is 12.4. The van der Waals surface area contributed by atoms with E-state index in [1.54, 1.807) is 18.2 Å². The maximum Gasteiger partial charge on any atom is 0.334 e. The van der Waals surface area contributed by atoms with E-state index in [1.807, 2.05) is 0 Å². The van der Waals surface area contributed by atoms with E-state index in [0.29, 0.717) is 23.4 Å². The fraction of sp³-hybridized carbons (Fsp3) is 0.438. The van der Waals surface area contributed by atoms with E-state index in [9.17, 15) is 14.4 Å². The number of ketones is 1. The molecule has 0 aliphatic carbocycles. The molecule has 124 valence electrons. The van der Waals surface area contributed by atoms with Crippen LogP contribution in [0.25, 0.3) is 0 Å². The zero-order valence-corrected chi connectivity index (χ0v) is 13.1. The van der Waals surface area contributed by atoms with E-state index in [0.717, 1.165) is 0 Å². The van der Waals surface area contributed by atoms with Gasteiger partial charge in [0.15, 0.2) is 11.9 Å². The van der Waals surface area contributed by atoms with E-state index in [2.05, 4.69) is 0 Å². The van der Waals surface area contributed by atoms with Crippen LogP contribution in [-0.4, -0.2) is 60.6 Å². The van der Waals surface area contributed by atoms with Gasteiger partial charge in [0.1, 0.15) is 5.75 Å². The Bertz CT molecular complexity index is 627. The fourth-order valence-corrected chi connectivity index (χ4v) is 2.44. The van der Waals surface area contributed by atoms with Crippen LogP contribution >= 0.6 is 0 Å². The van der Waals surface area contributed by atoms with Gasteiger partial charge in [-0.25, -0.2) is 4.79 Å². The molecule has 0 bridgehead atoms. The number of hydrogen-bond donors (Lipinski definition) is 1. The van der Waals surface area contributed by atoms with Crippen molar-refractivity contribution in [1.29, 1.82) is 0 Å². The second kappa shape index (κ2) is 7.23. The van der Waals surface area contributed by atoms with Crippen LogP contribution in [-0.2, 0) is 20.7 Å². The van der Waals surface area contributed by atoms with Gasteiger partial charge in [-0.1, -0.05) is 0 Å². The number of nitrogens with zero attached hydrogens (tertiary/aromatic N) is 1. The first-order chi connectivity index (χ1) is 10.9. The molecule has 1 amide bonds. The molecule has 7 heteroatoms. The summed E-state index contributed by atoms with van der Waals surface area (Å²) in [6.07, 6.45) is -0.963. The Kier molecular flexibility index (Phi) is 5.33. The molecule has 1 saturated heterocycles. The molecule has 1 N–H and O–H groups in total. The van der Waals surface area contributed by atoms with Gasteiger partial charge in [-0.3, -0.25) is 9.59 Å². The Labute approximate surface area is 133 Å². The van der Waals surface area contributed by atoms with Crippen LogP contribution in [0.3, 0.4) is 0 Å². The van der Waals surface area contributed by atoms with Gasteiger partial charge in [-0.05, 0) is 25.1 Å². The molecular weight excluding hydrogens is 302 g/mol. The molecule has 1 atom stereocenters. The number of Topliss-reactive ketones (excluding diaryl/α,β-unsaturated/α-hetero) is 1. The van der Waals surface area contributed by atoms with Gasteiger partial charge in [0.2, 0.25) is 5.91 Å². The smallest absolute Gasteiger partial charge is 0.334 e. The summed E-state index contributed by atoms with van der Waals surface area (Å²) in [5.74, 6) is -0.887. The van der Waals surface area contributed by atoms with Crippen molar-refractivity contribution in [3.63, 3.8) is 0 Å². The lowest BCUT2D eigenvalue weighted by Gasteiger charge is -2.31. The SMILES string of the molecule is COc1ccc(C(C)=O)cc1CC(=O)N1CCOC(C(=O)O)C1. The number of morpholine rings is 1. The minimum Gasteiger partial charge on any atom is -0.496 e. The first kappa shape index (κ1) is 17.0. The lowest BCUT2D eigenvalue weighted by molar-refractivity contribution is -0.159. The van der Waals surface area contributed by atoms with E-state index < -0.39 is 12.1 Å². The standard InChI is InChI=1S/C16H19NO6/c1-10(18)11-3-4-13(22-2)12(7-11)8-15(19)17-5-6-23-14(9-17)16(20)21/h3-4,7,14H,5-6,8-9H2,1-2H3,(H,20,21). The number of carboxylic acids is 1. The van der Waals surface area contributed by atoms with Gasteiger partial charge < -0.3 is 19.5 Å². The van der Waals surface area contributed by atoms with Crippen molar-refractivity contribution in [2.75, 3.05) is 26.8 Å². The van der Waals surface area contributed by atoms with Crippen LogP contribution in [0.2, 0.25) is 0 Å². The predicted octanol–water partition coefficient (Wildman–Crippen LogP) is 0.752. The number of aliphatic carboxylic acids is 1. The van der Waals surface area contributed by atoms with Crippen molar-refractivity contribution < 1.29 is 29.0 Å². The van der Waals surface area contributed by atoms with Gasteiger partial charge in [-0.2, -0.15) is 0 Å². The number of hydrogen-bond acceptors (Lipinski definition) is 5. The number of benzene rings is 1. The van der Waals surface area contributed by atoms with Gasteiger partial charge in [0, 0.05) is 17.7 Å². The molecule has 1 aliphatic rings. The zero-order chi connectivity index (χ0) is 17.0. The number of carbonyl (C=O) groups excluding carboxylic acids is 2. The van der Waals surface area contributed by atoms with Crippen molar-refractivity contribution in [3.05, 3.63) is 29.3 Å². The normalized spacial score (nSPS) is 17.7. The summed E-state index contributed by atoms with van der Waals surface area (Å²) in [5, 5.41) is 8.99. The van der Waals surface area contributed by atoms with Crippen LogP contribution in [0.5, 0.6) is 5.75 Å². The first-order valence-electron chi connectivity index (χ1n) is 7.22. The van der Waals surface area contributed by atoms with Crippen LogP contribution in [0.4, 0.5) is 0 Å². The highest BCUT2D eigenvalue weighted by atomic mass is 16.5. The molecule has 0 saturated carbocycles. The second-order valence-corrected chi connectivity index (χ2v) is 5.30. The minimum atomic E-state index is -1.08. The topological polar surface area (TPSA) is 93.1 Å².